The second kappa shape index (κ2) is 9.32. The minimum atomic E-state index is -0.735. The van der Waals surface area contributed by atoms with E-state index in [0.29, 0.717) is 0 Å². The highest BCUT2D eigenvalue weighted by atomic mass is 35.5. The standard InChI is InChI=1S/C14H19F2N3O2.ClH/c1-8(2)13(17)14(21)19-7-12(20)18-6-9-3-4-10(15)5-11(9)16;/h3-5,8,13H,6-7,17H2,1-2H3,(H,18,20)(H,19,21);1H/t13-;/m0./s1. The second-order valence-electron chi connectivity index (χ2n) is 5.00. The molecule has 1 rings (SSSR count). The van der Waals surface area contributed by atoms with Crippen molar-refractivity contribution in [2.24, 2.45) is 11.7 Å². The van der Waals surface area contributed by atoms with Crippen LogP contribution in [-0.2, 0) is 16.1 Å². The molecule has 0 heterocycles. The molecular formula is C14H20ClF2N3O2. The highest BCUT2D eigenvalue weighted by Gasteiger charge is 2.17. The first-order valence-electron chi connectivity index (χ1n) is 6.55. The van der Waals surface area contributed by atoms with Crippen molar-refractivity contribution < 1.29 is 18.4 Å². The molecule has 124 valence electrons. The summed E-state index contributed by atoms with van der Waals surface area (Å²) >= 11 is 0. The Hall–Kier alpha value is -1.73. The molecule has 0 fully saturated rings. The largest absolute Gasteiger partial charge is 0.350 e. The van der Waals surface area contributed by atoms with E-state index < -0.39 is 29.5 Å². The molecule has 0 aliphatic heterocycles. The molecule has 0 aliphatic rings. The van der Waals surface area contributed by atoms with Crippen molar-refractivity contribution >= 4 is 24.2 Å². The number of carbonyl (C=O) groups is 2. The lowest BCUT2D eigenvalue weighted by Gasteiger charge is -2.15. The van der Waals surface area contributed by atoms with Gasteiger partial charge in [0.15, 0.2) is 0 Å². The van der Waals surface area contributed by atoms with Crippen LogP contribution < -0.4 is 16.4 Å². The smallest absolute Gasteiger partial charge is 0.239 e. The maximum absolute atomic E-state index is 13.3. The zero-order valence-electron chi connectivity index (χ0n) is 12.4. The lowest BCUT2D eigenvalue weighted by molar-refractivity contribution is -0.127. The average Bonchev–Trinajstić information content (AvgIpc) is 2.42. The van der Waals surface area contributed by atoms with E-state index in [1.54, 1.807) is 13.8 Å². The highest BCUT2D eigenvalue weighted by Crippen LogP contribution is 2.08. The third-order valence-corrected chi connectivity index (χ3v) is 2.94. The molecule has 0 saturated carbocycles. The van der Waals surface area contributed by atoms with Gasteiger partial charge in [0.05, 0.1) is 12.6 Å². The molecule has 0 aromatic heterocycles. The predicted octanol–water partition coefficient (Wildman–Crippen LogP) is 1.10. The normalized spacial score (nSPS) is 11.5. The molecule has 1 atom stereocenters. The zero-order chi connectivity index (χ0) is 16.0. The molecule has 2 amide bonds. The van der Waals surface area contributed by atoms with Gasteiger partial charge in [0.1, 0.15) is 11.6 Å². The fourth-order valence-corrected chi connectivity index (χ4v) is 1.51. The van der Waals surface area contributed by atoms with Crippen LogP contribution in [0, 0.1) is 17.6 Å². The summed E-state index contributed by atoms with van der Waals surface area (Å²) < 4.78 is 26.0. The number of nitrogens with one attached hydrogen (secondary N) is 2. The molecule has 0 bridgehead atoms. The summed E-state index contributed by atoms with van der Waals surface area (Å²) in [5, 5.41) is 4.82. The van der Waals surface area contributed by atoms with Gasteiger partial charge in [0.2, 0.25) is 11.8 Å². The third kappa shape index (κ3) is 6.36. The molecule has 1 aromatic rings. The first kappa shape index (κ1) is 20.3. The van der Waals surface area contributed by atoms with Crippen LogP contribution in [0.2, 0.25) is 0 Å². The van der Waals surface area contributed by atoms with Crippen LogP contribution in [0.5, 0.6) is 0 Å². The maximum Gasteiger partial charge on any atom is 0.239 e. The Kier molecular flexibility index (Phi) is 8.59. The Bertz CT molecular complexity index is 527. The van der Waals surface area contributed by atoms with Crippen molar-refractivity contribution in [1.29, 1.82) is 0 Å². The van der Waals surface area contributed by atoms with E-state index in [4.69, 9.17) is 5.73 Å². The summed E-state index contributed by atoms with van der Waals surface area (Å²) in [5.41, 5.74) is 5.78. The minimum Gasteiger partial charge on any atom is -0.350 e. The number of hydrogen-bond acceptors (Lipinski definition) is 3. The molecular weight excluding hydrogens is 316 g/mol. The lowest BCUT2D eigenvalue weighted by Crippen LogP contribution is -2.47. The van der Waals surface area contributed by atoms with Crippen LogP contribution in [-0.4, -0.2) is 24.4 Å². The van der Waals surface area contributed by atoms with E-state index in [-0.39, 0.29) is 37.0 Å². The fourth-order valence-electron chi connectivity index (χ4n) is 1.51. The van der Waals surface area contributed by atoms with E-state index in [2.05, 4.69) is 10.6 Å². The predicted molar refractivity (Wildman–Crippen MR) is 81.3 cm³/mol. The van der Waals surface area contributed by atoms with Crippen molar-refractivity contribution in [3.05, 3.63) is 35.4 Å². The summed E-state index contributed by atoms with van der Waals surface area (Å²) in [6, 6.07) is 2.41. The van der Waals surface area contributed by atoms with Crippen LogP contribution in [0.15, 0.2) is 18.2 Å². The second-order valence-corrected chi connectivity index (χ2v) is 5.00. The summed E-state index contributed by atoms with van der Waals surface area (Å²) in [6.07, 6.45) is 0. The van der Waals surface area contributed by atoms with Gasteiger partial charge in [-0.2, -0.15) is 0 Å². The molecule has 0 aliphatic carbocycles. The molecule has 8 heteroatoms. The van der Waals surface area contributed by atoms with Gasteiger partial charge in [0, 0.05) is 18.2 Å². The Morgan fingerprint density at radius 3 is 2.41 bits per heavy atom. The van der Waals surface area contributed by atoms with E-state index in [9.17, 15) is 18.4 Å². The van der Waals surface area contributed by atoms with Crippen molar-refractivity contribution in [2.45, 2.75) is 26.4 Å². The van der Waals surface area contributed by atoms with Crippen molar-refractivity contribution in [3.8, 4) is 0 Å². The number of nitrogens with two attached hydrogens (primary N) is 1. The molecule has 4 N–H and O–H groups in total. The number of halogens is 3. The summed E-state index contributed by atoms with van der Waals surface area (Å²) in [4.78, 5) is 23.1. The molecule has 0 unspecified atom stereocenters. The van der Waals surface area contributed by atoms with Crippen LogP contribution in [0.3, 0.4) is 0 Å². The van der Waals surface area contributed by atoms with Gasteiger partial charge in [-0.25, -0.2) is 8.78 Å². The zero-order valence-corrected chi connectivity index (χ0v) is 13.2. The van der Waals surface area contributed by atoms with Crippen molar-refractivity contribution in [3.63, 3.8) is 0 Å². The van der Waals surface area contributed by atoms with Gasteiger partial charge < -0.3 is 16.4 Å². The van der Waals surface area contributed by atoms with Gasteiger partial charge in [-0.3, -0.25) is 9.59 Å². The first-order valence-corrected chi connectivity index (χ1v) is 6.55. The Balaban J connectivity index is 0.00000441. The van der Waals surface area contributed by atoms with E-state index in [0.717, 1.165) is 12.1 Å². The number of amides is 2. The maximum atomic E-state index is 13.3. The van der Waals surface area contributed by atoms with Gasteiger partial charge in [-0.15, -0.1) is 12.4 Å². The Morgan fingerprint density at radius 1 is 1.23 bits per heavy atom. The highest BCUT2D eigenvalue weighted by molar-refractivity contribution is 5.87. The lowest BCUT2D eigenvalue weighted by atomic mass is 10.1. The first-order chi connectivity index (χ1) is 9.81. The van der Waals surface area contributed by atoms with Crippen LogP contribution >= 0.6 is 12.4 Å². The van der Waals surface area contributed by atoms with E-state index in [1.807, 2.05) is 0 Å². The van der Waals surface area contributed by atoms with Crippen LogP contribution in [0.4, 0.5) is 8.78 Å². The Labute approximate surface area is 134 Å². The van der Waals surface area contributed by atoms with Gasteiger partial charge in [0.25, 0.3) is 0 Å². The molecule has 0 spiro atoms. The number of benzene rings is 1. The van der Waals surface area contributed by atoms with Gasteiger partial charge >= 0.3 is 0 Å². The number of rotatable bonds is 6. The average molecular weight is 336 g/mol. The van der Waals surface area contributed by atoms with Crippen LogP contribution in [0.1, 0.15) is 19.4 Å². The Morgan fingerprint density at radius 2 is 1.86 bits per heavy atom. The monoisotopic (exact) mass is 335 g/mol. The number of carbonyl (C=O) groups excluding carboxylic acids is 2. The van der Waals surface area contributed by atoms with Crippen molar-refractivity contribution in [1.82, 2.24) is 10.6 Å². The summed E-state index contributed by atoms with van der Waals surface area (Å²) in [6.45, 7) is 3.25. The van der Waals surface area contributed by atoms with E-state index in [1.165, 1.54) is 6.07 Å². The minimum absolute atomic E-state index is 0. The third-order valence-electron chi connectivity index (χ3n) is 2.94. The van der Waals surface area contributed by atoms with Gasteiger partial charge in [-0.05, 0) is 12.0 Å². The molecule has 5 nitrogen and oxygen atoms in total. The van der Waals surface area contributed by atoms with Crippen LogP contribution in [0.25, 0.3) is 0 Å². The SMILES string of the molecule is CC(C)[C@H](N)C(=O)NCC(=O)NCc1ccc(F)cc1F.Cl. The summed E-state index contributed by atoms with van der Waals surface area (Å²) in [5.74, 6) is -2.36. The fraction of sp³-hybridized carbons (Fsp3) is 0.429. The van der Waals surface area contributed by atoms with E-state index >= 15 is 0 Å². The molecule has 1 aromatic carbocycles. The molecule has 0 saturated heterocycles. The van der Waals surface area contributed by atoms with Gasteiger partial charge in [-0.1, -0.05) is 19.9 Å². The molecule has 22 heavy (non-hydrogen) atoms. The topological polar surface area (TPSA) is 84.2 Å². The number of hydrogen-bond donors (Lipinski definition) is 3. The van der Waals surface area contributed by atoms with Crippen molar-refractivity contribution in [2.75, 3.05) is 6.54 Å². The summed E-state index contributed by atoms with van der Waals surface area (Å²) in [7, 11) is 0. The quantitative estimate of drug-likeness (QED) is 0.728. The molecule has 0 radical (unpaired) electrons.